The molecule has 1 amide bonds. The molecule has 0 bridgehead atoms. The SMILES string of the molecule is O=C(Nc1cc2c(Nc3ccc(F)c(Cl)c3)ncnc2cc1O[C@H]1CCOC1)/C(F)=C\CN1C[C@@H]2OCCO[C@@H]2C1. The molecule has 0 radical (unpaired) electrons. The third-order valence-electron chi connectivity index (χ3n) is 7.13. The van der Waals surface area contributed by atoms with Crippen molar-refractivity contribution < 1.29 is 32.5 Å². The summed E-state index contributed by atoms with van der Waals surface area (Å²) in [5, 5.41) is 6.20. The number of aromatic nitrogens is 2. The van der Waals surface area contributed by atoms with Crippen molar-refractivity contribution in [2.75, 3.05) is 56.7 Å². The maximum absolute atomic E-state index is 15.0. The Morgan fingerprint density at radius 1 is 1.15 bits per heavy atom. The molecular weight excluding hydrogens is 560 g/mol. The highest BCUT2D eigenvalue weighted by Gasteiger charge is 2.36. The monoisotopic (exact) mass is 587 g/mol. The molecule has 3 saturated heterocycles. The van der Waals surface area contributed by atoms with E-state index in [1.807, 2.05) is 4.90 Å². The molecule has 41 heavy (non-hydrogen) atoms. The molecule has 2 N–H and O–H groups in total. The maximum Gasteiger partial charge on any atom is 0.284 e. The molecule has 0 unspecified atom stereocenters. The normalized spacial score (nSPS) is 23.0. The number of halogens is 3. The standard InChI is InChI=1S/C28H28ClF2N5O5/c29-19-9-16(1-2-20(19)30)34-27-18-10-23(24(11-22(18)32-15-33-27)41-17-4-6-38-14-17)35-28(37)21(31)3-5-36-12-25-26(13-36)40-8-7-39-25/h1-3,9-11,15,17,25-26H,4-8,12-14H2,(H,35,37)(H,32,33,34)/b21-3+/t17-,25-,26+/m0/s1. The summed E-state index contributed by atoms with van der Waals surface area (Å²) in [5.74, 6) is -1.70. The van der Waals surface area contributed by atoms with Gasteiger partial charge in [-0.15, -0.1) is 0 Å². The maximum atomic E-state index is 15.0. The first-order chi connectivity index (χ1) is 19.9. The average molecular weight is 588 g/mol. The Hall–Kier alpha value is -3.42. The van der Waals surface area contributed by atoms with E-state index in [-0.39, 0.29) is 35.6 Å². The van der Waals surface area contributed by atoms with E-state index >= 15 is 4.39 Å². The largest absolute Gasteiger partial charge is 0.486 e. The van der Waals surface area contributed by atoms with Crippen LogP contribution in [0.4, 0.5) is 26.0 Å². The number of anilines is 3. The van der Waals surface area contributed by atoms with Crippen molar-refractivity contribution in [2.45, 2.75) is 24.7 Å². The zero-order valence-corrected chi connectivity index (χ0v) is 22.7. The summed E-state index contributed by atoms with van der Waals surface area (Å²) in [6, 6.07) is 7.45. The van der Waals surface area contributed by atoms with Crippen molar-refractivity contribution in [2.24, 2.45) is 0 Å². The molecule has 3 atom stereocenters. The highest BCUT2D eigenvalue weighted by atomic mass is 35.5. The van der Waals surface area contributed by atoms with Crippen LogP contribution in [0.2, 0.25) is 5.02 Å². The lowest BCUT2D eigenvalue weighted by Gasteiger charge is -2.24. The van der Waals surface area contributed by atoms with Gasteiger partial charge >= 0.3 is 0 Å². The van der Waals surface area contributed by atoms with E-state index in [1.54, 1.807) is 12.1 Å². The first-order valence-corrected chi connectivity index (χ1v) is 13.7. The van der Waals surface area contributed by atoms with Crippen molar-refractivity contribution in [3.05, 3.63) is 59.4 Å². The smallest absolute Gasteiger partial charge is 0.284 e. The fourth-order valence-electron chi connectivity index (χ4n) is 5.05. The van der Waals surface area contributed by atoms with Gasteiger partial charge in [-0.1, -0.05) is 11.6 Å². The van der Waals surface area contributed by atoms with E-state index < -0.39 is 17.6 Å². The Morgan fingerprint density at radius 2 is 1.95 bits per heavy atom. The van der Waals surface area contributed by atoms with Crippen molar-refractivity contribution in [1.29, 1.82) is 0 Å². The third kappa shape index (κ3) is 6.41. The van der Waals surface area contributed by atoms with Gasteiger partial charge in [0.15, 0.2) is 5.83 Å². The topological polar surface area (TPSA) is 107 Å². The molecule has 2 aromatic carbocycles. The minimum absolute atomic E-state index is 0.0399. The van der Waals surface area contributed by atoms with Crippen LogP contribution in [0.15, 0.2) is 48.6 Å². The van der Waals surface area contributed by atoms with Crippen LogP contribution in [0.3, 0.4) is 0 Å². The Labute approximate surface area is 239 Å². The number of nitrogens with one attached hydrogen (secondary N) is 2. The van der Waals surface area contributed by atoms with Crippen molar-refractivity contribution in [1.82, 2.24) is 14.9 Å². The van der Waals surface area contributed by atoms with E-state index in [9.17, 15) is 9.18 Å². The Bertz CT molecular complexity index is 1460. The van der Waals surface area contributed by atoms with Crippen molar-refractivity contribution >= 4 is 45.6 Å². The Balaban J connectivity index is 1.24. The van der Waals surface area contributed by atoms with Gasteiger partial charge in [0.1, 0.15) is 29.8 Å². The van der Waals surface area contributed by atoms with Crippen LogP contribution in [-0.4, -0.2) is 85.1 Å². The highest BCUT2D eigenvalue weighted by Crippen LogP contribution is 2.35. The van der Waals surface area contributed by atoms with Gasteiger partial charge in [-0.05, 0) is 30.3 Å². The number of carbonyl (C=O) groups excluding carboxylic acids is 1. The molecule has 1 aromatic heterocycles. The number of benzene rings is 2. The van der Waals surface area contributed by atoms with Gasteiger partial charge in [-0.25, -0.2) is 18.7 Å². The second kappa shape index (κ2) is 12.2. The highest BCUT2D eigenvalue weighted by molar-refractivity contribution is 6.31. The predicted octanol–water partition coefficient (Wildman–Crippen LogP) is 4.23. The molecule has 13 heteroatoms. The third-order valence-corrected chi connectivity index (χ3v) is 7.42. The van der Waals surface area contributed by atoms with Gasteiger partial charge in [0, 0.05) is 43.2 Å². The van der Waals surface area contributed by atoms with Gasteiger partial charge in [-0.2, -0.15) is 0 Å². The minimum atomic E-state index is -0.930. The molecule has 3 aliphatic heterocycles. The van der Waals surface area contributed by atoms with Gasteiger partial charge < -0.3 is 29.6 Å². The number of carbonyl (C=O) groups is 1. The van der Waals surface area contributed by atoms with Gasteiger partial charge in [0.2, 0.25) is 0 Å². The van der Waals surface area contributed by atoms with Crippen LogP contribution >= 0.6 is 11.6 Å². The van der Waals surface area contributed by atoms with Gasteiger partial charge in [0.25, 0.3) is 5.91 Å². The molecule has 3 aliphatic rings. The second-order valence-corrected chi connectivity index (χ2v) is 10.4. The lowest BCUT2D eigenvalue weighted by molar-refractivity contribution is -0.116. The van der Waals surface area contributed by atoms with Crippen LogP contribution in [-0.2, 0) is 19.0 Å². The summed E-state index contributed by atoms with van der Waals surface area (Å²) in [6.07, 6.45) is 2.97. The first-order valence-electron chi connectivity index (χ1n) is 13.3. The minimum Gasteiger partial charge on any atom is -0.486 e. The number of rotatable bonds is 8. The lowest BCUT2D eigenvalue weighted by atomic mass is 10.1. The van der Waals surface area contributed by atoms with E-state index in [1.165, 1.54) is 30.6 Å². The molecule has 0 saturated carbocycles. The quantitative estimate of drug-likeness (QED) is 0.375. The van der Waals surface area contributed by atoms with Crippen molar-refractivity contribution in [3.63, 3.8) is 0 Å². The van der Waals surface area contributed by atoms with E-state index in [2.05, 4.69) is 20.6 Å². The van der Waals surface area contributed by atoms with E-state index in [0.717, 1.165) is 0 Å². The molecule has 0 spiro atoms. The lowest BCUT2D eigenvalue weighted by Crippen LogP contribution is -2.36. The average Bonchev–Trinajstić information content (AvgIpc) is 3.64. The molecule has 6 rings (SSSR count). The number of nitrogens with zero attached hydrogens (tertiary/aromatic N) is 3. The van der Waals surface area contributed by atoms with E-state index in [4.69, 9.17) is 30.5 Å². The fourth-order valence-corrected chi connectivity index (χ4v) is 5.23. The fraction of sp³-hybridized carbons (Fsp3) is 0.393. The zero-order valence-electron chi connectivity index (χ0n) is 21.9. The van der Waals surface area contributed by atoms with Crippen LogP contribution < -0.4 is 15.4 Å². The summed E-state index contributed by atoms with van der Waals surface area (Å²) in [6.45, 7) is 3.50. The summed E-state index contributed by atoms with van der Waals surface area (Å²) >= 11 is 5.93. The predicted molar refractivity (Wildman–Crippen MR) is 148 cm³/mol. The van der Waals surface area contributed by atoms with Crippen LogP contribution in [0.25, 0.3) is 10.9 Å². The molecule has 0 aliphatic carbocycles. The second-order valence-electron chi connectivity index (χ2n) is 9.99. The molecule has 216 valence electrons. The number of hydrogen-bond acceptors (Lipinski definition) is 9. The number of likely N-dealkylation sites (tertiary alicyclic amines) is 1. The van der Waals surface area contributed by atoms with Gasteiger partial charge in [0.05, 0.1) is 54.9 Å². The first kappa shape index (κ1) is 27.7. The van der Waals surface area contributed by atoms with Crippen LogP contribution in [0.1, 0.15) is 6.42 Å². The molecule has 3 fully saturated rings. The molecule has 10 nitrogen and oxygen atoms in total. The Morgan fingerprint density at radius 3 is 2.68 bits per heavy atom. The number of hydrogen-bond donors (Lipinski definition) is 2. The number of fused-ring (bicyclic) bond motifs is 2. The molecule has 4 heterocycles. The van der Waals surface area contributed by atoms with Gasteiger partial charge in [-0.3, -0.25) is 9.69 Å². The van der Waals surface area contributed by atoms with Crippen LogP contribution in [0.5, 0.6) is 5.75 Å². The zero-order chi connectivity index (χ0) is 28.3. The summed E-state index contributed by atoms with van der Waals surface area (Å²) in [5.41, 5.74) is 1.25. The summed E-state index contributed by atoms with van der Waals surface area (Å²) < 4.78 is 51.6. The Kier molecular flexibility index (Phi) is 8.26. The van der Waals surface area contributed by atoms with Crippen LogP contribution in [0, 0.1) is 5.82 Å². The molecular formula is C28H28ClF2N5O5. The number of ether oxygens (including phenoxy) is 4. The van der Waals surface area contributed by atoms with Crippen molar-refractivity contribution in [3.8, 4) is 5.75 Å². The summed E-state index contributed by atoms with van der Waals surface area (Å²) in [4.78, 5) is 23.6. The van der Waals surface area contributed by atoms with E-state index in [0.29, 0.717) is 74.1 Å². The summed E-state index contributed by atoms with van der Waals surface area (Å²) in [7, 11) is 0. The number of amides is 1. The molecule has 3 aromatic rings.